The molecule has 1 N–H and O–H groups in total. The van der Waals surface area contributed by atoms with E-state index in [9.17, 15) is 9.59 Å². The van der Waals surface area contributed by atoms with E-state index >= 15 is 0 Å². The lowest BCUT2D eigenvalue weighted by atomic mass is 9.93. The molecule has 1 fully saturated rings. The summed E-state index contributed by atoms with van der Waals surface area (Å²) < 4.78 is 0. The van der Waals surface area contributed by atoms with Gasteiger partial charge in [0.2, 0.25) is 0 Å². The van der Waals surface area contributed by atoms with E-state index in [0.29, 0.717) is 11.4 Å². The number of urea groups is 1. The average Bonchev–Trinajstić information content (AvgIpc) is 2.80. The Morgan fingerprint density at radius 1 is 1.04 bits per heavy atom. The van der Waals surface area contributed by atoms with Gasteiger partial charge in [0.05, 0.1) is 6.54 Å². The SMILES string of the molecule is CC1(CCc2ccccc2)NC(=O)N(Cc2ccccc2Cl)C1=O. The molecule has 1 unspecified atom stereocenters. The van der Waals surface area contributed by atoms with Crippen LogP contribution in [0.4, 0.5) is 4.79 Å². The van der Waals surface area contributed by atoms with E-state index in [4.69, 9.17) is 11.6 Å². The third kappa shape index (κ3) is 3.29. The van der Waals surface area contributed by atoms with Crippen molar-refractivity contribution in [2.45, 2.75) is 31.8 Å². The zero-order valence-electron chi connectivity index (χ0n) is 13.5. The summed E-state index contributed by atoms with van der Waals surface area (Å²) in [7, 11) is 0. The number of carbonyl (C=O) groups is 2. The van der Waals surface area contributed by atoms with Gasteiger partial charge in [-0.05, 0) is 37.0 Å². The average molecular weight is 343 g/mol. The van der Waals surface area contributed by atoms with E-state index in [1.807, 2.05) is 48.5 Å². The molecular formula is C19H19ClN2O2. The van der Waals surface area contributed by atoms with Crippen molar-refractivity contribution in [2.24, 2.45) is 0 Å². The van der Waals surface area contributed by atoms with Crippen molar-refractivity contribution in [3.05, 3.63) is 70.7 Å². The van der Waals surface area contributed by atoms with Gasteiger partial charge >= 0.3 is 6.03 Å². The molecule has 5 heteroatoms. The fourth-order valence-corrected chi connectivity index (χ4v) is 3.09. The summed E-state index contributed by atoms with van der Waals surface area (Å²) in [6.07, 6.45) is 1.28. The number of carbonyl (C=O) groups excluding carboxylic acids is 2. The van der Waals surface area contributed by atoms with Crippen LogP contribution >= 0.6 is 11.6 Å². The summed E-state index contributed by atoms with van der Waals surface area (Å²) in [5.74, 6) is -0.205. The number of hydrogen-bond donors (Lipinski definition) is 1. The third-order valence-corrected chi connectivity index (χ3v) is 4.76. The molecule has 0 aliphatic carbocycles. The molecule has 124 valence electrons. The van der Waals surface area contributed by atoms with E-state index in [2.05, 4.69) is 5.32 Å². The smallest absolute Gasteiger partial charge is 0.323 e. The fourth-order valence-electron chi connectivity index (χ4n) is 2.90. The predicted molar refractivity (Wildman–Crippen MR) is 93.7 cm³/mol. The minimum absolute atomic E-state index is 0.186. The second-order valence-electron chi connectivity index (χ2n) is 6.23. The molecule has 1 atom stereocenters. The van der Waals surface area contributed by atoms with Gasteiger partial charge in [0.15, 0.2) is 0 Å². The fraction of sp³-hybridized carbons (Fsp3) is 0.263. The summed E-state index contributed by atoms with van der Waals surface area (Å²) in [5, 5.41) is 3.39. The Morgan fingerprint density at radius 3 is 2.42 bits per heavy atom. The molecule has 2 aromatic rings. The van der Waals surface area contributed by atoms with Gasteiger partial charge < -0.3 is 5.32 Å². The summed E-state index contributed by atoms with van der Waals surface area (Å²) in [5.41, 5.74) is 1.02. The van der Waals surface area contributed by atoms with Crippen LogP contribution in [0.25, 0.3) is 0 Å². The van der Waals surface area contributed by atoms with Gasteiger partial charge in [-0.25, -0.2) is 4.79 Å². The van der Waals surface area contributed by atoms with E-state index in [0.717, 1.165) is 17.5 Å². The lowest BCUT2D eigenvalue weighted by Crippen LogP contribution is -2.44. The molecule has 2 aromatic carbocycles. The van der Waals surface area contributed by atoms with Gasteiger partial charge in [-0.2, -0.15) is 0 Å². The molecule has 24 heavy (non-hydrogen) atoms. The number of aryl methyl sites for hydroxylation is 1. The van der Waals surface area contributed by atoms with Gasteiger partial charge in [0.25, 0.3) is 5.91 Å². The Kier molecular flexibility index (Phi) is 4.58. The molecule has 1 aliphatic heterocycles. The van der Waals surface area contributed by atoms with E-state index in [-0.39, 0.29) is 18.5 Å². The van der Waals surface area contributed by atoms with Gasteiger partial charge in [0, 0.05) is 5.02 Å². The van der Waals surface area contributed by atoms with E-state index < -0.39 is 5.54 Å². The summed E-state index contributed by atoms with van der Waals surface area (Å²) in [6.45, 7) is 1.97. The third-order valence-electron chi connectivity index (χ3n) is 4.39. The van der Waals surface area contributed by atoms with Crippen molar-refractivity contribution in [3.63, 3.8) is 0 Å². The molecule has 1 heterocycles. The lowest BCUT2D eigenvalue weighted by molar-refractivity contribution is -0.131. The van der Waals surface area contributed by atoms with Crippen LogP contribution in [0, 0.1) is 0 Å². The van der Waals surface area contributed by atoms with Crippen molar-refractivity contribution < 1.29 is 9.59 Å². The zero-order chi connectivity index (χ0) is 17.2. The first-order valence-electron chi connectivity index (χ1n) is 7.91. The van der Waals surface area contributed by atoms with Crippen LogP contribution in [-0.4, -0.2) is 22.4 Å². The molecule has 3 amide bonds. The normalized spacial score (nSPS) is 20.3. The first-order chi connectivity index (χ1) is 11.5. The van der Waals surface area contributed by atoms with Crippen LogP contribution in [0.5, 0.6) is 0 Å². The van der Waals surface area contributed by atoms with Gasteiger partial charge in [0.1, 0.15) is 5.54 Å². The van der Waals surface area contributed by atoms with E-state index in [1.54, 1.807) is 13.0 Å². The highest BCUT2D eigenvalue weighted by molar-refractivity contribution is 6.31. The Morgan fingerprint density at radius 2 is 1.71 bits per heavy atom. The second-order valence-corrected chi connectivity index (χ2v) is 6.64. The van der Waals surface area contributed by atoms with Crippen molar-refractivity contribution in [1.82, 2.24) is 10.2 Å². The molecule has 3 rings (SSSR count). The molecule has 0 radical (unpaired) electrons. The van der Waals surface area contributed by atoms with Crippen molar-refractivity contribution in [1.29, 1.82) is 0 Å². The Balaban J connectivity index is 1.72. The minimum atomic E-state index is -0.881. The maximum atomic E-state index is 12.8. The van der Waals surface area contributed by atoms with Gasteiger partial charge in [-0.3, -0.25) is 9.69 Å². The molecule has 0 saturated carbocycles. The Hall–Kier alpha value is -2.33. The van der Waals surface area contributed by atoms with Crippen LogP contribution < -0.4 is 5.32 Å². The number of rotatable bonds is 5. The molecule has 0 aromatic heterocycles. The highest BCUT2D eigenvalue weighted by Gasteiger charge is 2.47. The van der Waals surface area contributed by atoms with Crippen LogP contribution in [0.2, 0.25) is 5.02 Å². The Labute approximate surface area is 146 Å². The van der Waals surface area contributed by atoms with Crippen LogP contribution in [0.15, 0.2) is 54.6 Å². The van der Waals surface area contributed by atoms with E-state index in [1.165, 1.54) is 4.90 Å². The van der Waals surface area contributed by atoms with Crippen molar-refractivity contribution >= 4 is 23.5 Å². The molecule has 0 bridgehead atoms. The first-order valence-corrected chi connectivity index (χ1v) is 8.29. The predicted octanol–water partition coefficient (Wildman–Crippen LogP) is 3.78. The largest absolute Gasteiger partial charge is 0.325 e. The van der Waals surface area contributed by atoms with Gasteiger partial charge in [-0.1, -0.05) is 60.1 Å². The molecular weight excluding hydrogens is 324 g/mol. The first kappa shape index (κ1) is 16.5. The topological polar surface area (TPSA) is 49.4 Å². The highest BCUT2D eigenvalue weighted by Crippen LogP contribution is 2.26. The van der Waals surface area contributed by atoms with Gasteiger partial charge in [-0.15, -0.1) is 0 Å². The van der Waals surface area contributed by atoms with Crippen molar-refractivity contribution in [2.75, 3.05) is 0 Å². The standard InChI is InChI=1S/C19H19ClN2O2/c1-19(12-11-14-7-3-2-4-8-14)17(23)22(18(24)21-19)13-15-9-5-6-10-16(15)20/h2-10H,11-13H2,1H3,(H,21,24). The second kappa shape index (κ2) is 6.65. The molecule has 1 saturated heterocycles. The molecule has 1 aliphatic rings. The van der Waals surface area contributed by atoms with Crippen LogP contribution in [0.1, 0.15) is 24.5 Å². The Bertz CT molecular complexity index is 763. The molecule has 0 spiro atoms. The number of amides is 3. The highest BCUT2D eigenvalue weighted by atomic mass is 35.5. The number of nitrogens with one attached hydrogen (secondary N) is 1. The van der Waals surface area contributed by atoms with Crippen LogP contribution in [-0.2, 0) is 17.8 Å². The minimum Gasteiger partial charge on any atom is -0.323 e. The van der Waals surface area contributed by atoms with Crippen LogP contribution in [0.3, 0.4) is 0 Å². The number of nitrogens with zero attached hydrogens (tertiary/aromatic N) is 1. The summed E-state index contributed by atoms with van der Waals surface area (Å²) in [4.78, 5) is 26.3. The number of hydrogen-bond acceptors (Lipinski definition) is 2. The molecule has 4 nitrogen and oxygen atoms in total. The van der Waals surface area contributed by atoms with Crippen molar-refractivity contribution in [3.8, 4) is 0 Å². The quantitative estimate of drug-likeness (QED) is 0.840. The number of halogens is 1. The maximum absolute atomic E-state index is 12.8. The summed E-state index contributed by atoms with van der Waals surface area (Å²) in [6, 6.07) is 16.8. The number of imide groups is 1. The summed E-state index contributed by atoms with van der Waals surface area (Å²) >= 11 is 6.14. The number of benzene rings is 2. The zero-order valence-corrected chi connectivity index (χ0v) is 14.2. The maximum Gasteiger partial charge on any atom is 0.325 e. The lowest BCUT2D eigenvalue weighted by Gasteiger charge is -2.21. The monoisotopic (exact) mass is 342 g/mol.